The fourth-order valence-electron chi connectivity index (χ4n) is 5.28. The van der Waals surface area contributed by atoms with Gasteiger partial charge in [0.25, 0.3) is 0 Å². The van der Waals surface area contributed by atoms with Crippen molar-refractivity contribution < 1.29 is 18.5 Å². The summed E-state index contributed by atoms with van der Waals surface area (Å²) < 4.78 is 21.8. The average molecular weight is 436 g/mol. The van der Waals surface area contributed by atoms with Crippen molar-refractivity contribution in [3.05, 3.63) is 41.0 Å². The van der Waals surface area contributed by atoms with Gasteiger partial charge in [-0.15, -0.1) is 0 Å². The average Bonchev–Trinajstić information content (AvgIpc) is 2.62. The molecule has 168 valence electrons. The molecule has 6 heteroatoms. The summed E-state index contributed by atoms with van der Waals surface area (Å²) in [6.45, 7) is 15.7. The summed E-state index contributed by atoms with van der Waals surface area (Å²) >= 11 is 0. The predicted octanol–water partition coefficient (Wildman–Crippen LogP) is 5.72. The molecule has 0 radical (unpaired) electrons. The molecule has 1 aromatic rings. The standard InChI is InChI=1S/C24H38NO4P/c1-17(2)10-12-25-13-11-24(6)20-15-19(29-30(26,27)28-7)9-8-18(20)14-22(25)21(24)16-23(3,4)5/h8-10,15,21-22H,11-14,16H2,1-7H3,(H,26,27). The minimum absolute atomic E-state index is 0.0128. The number of rotatable bonds is 6. The number of benzene rings is 1. The predicted molar refractivity (Wildman–Crippen MR) is 122 cm³/mol. The first-order valence-corrected chi connectivity index (χ1v) is 12.4. The van der Waals surface area contributed by atoms with E-state index >= 15 is 0 Å². The van der Waals surface area contributed by atoms with Gasteiger partial charge in [0.2, 0.25) is 0 Å². The molecule has 3 rings (SSSR count). The van der Waals surface area contributed by atoms with Gasteiger partial charge in [-0.2, -0.15) is 0 Å². The van der Waals surface area contributed by atoms with Gasteiger partial charge in [-0.1, -0.05) is 45.4 Å². The lowest BCUT2D eigenvalue weighted by molar-refractivity contribution is 0.00757. The van der Waals surface area contributed by atoms with Crippen LogP contribution in [0.15, 0.2) is 29.8 Å². The minimum atomic E-state index is -4.07. The van der Waals surface area contributed by atoms with Gasteiger partial charge in [0.15, 0.2) is 0 Å². The summed E-state index contributed by atoms with van der Waals surface area (Å²) in [6.07, 6.45) is 5.55. The Morgan fingerprint density at radius 3 is 2.67 bits per heavy atom. The number of likely N-dealkylation sites (tertiary alicyclic amines) is 1. The largest absolute Gasteiger partial charge is 0.527 e. The molecule has 1 N–H and O–H groups in total. The summed E-state index contributed by atoms with van der Waals surface area (Å²) in [5, 5.41) is 0. The number of fused-ring (bicyclic) bond motifs is 4. The second-order valence-electron chi connectivity index (χ2n) is 10.6. The number of nitrogens with zero attached hydrogens (tertiary/aromatic N) is 1. The third kappa shape index (κ3) is 5.02. The van der Waals surface area contributed by atoms with Crippen molar-refractivity contribution in [3.63, 3.8) is 0 Å². The van der Waals surface area contributed by atoms with E-state index in [2.05, 4.69) is 63.1 Å². The molecule has 1 fully saturated rings. The number of phosphoric ester groups is 1. The molecule has 2 aliphatic rings. The lowest BCUT2D eigenvalue weighted by atomic mass is 9.55. The fraction of sp³-hybridized carbons (Fsp3) is 0.667. The van der Waals surface area contributed by atoms with Crippen LogP contribution in [0.5, 0.6) is 5.75 Å². The van der Waals surface area contributed by atoms with E-state index in [-0.39, 0.29) is 10.8 Å². The molecule has 1 heterocycles. The van der Waals surface area contributed by atoms with Crippen LogP contribution in [0.2, 0.25) is 0 Å². The highest BCUT2D eigenvalue weighted by molar-refractivity contribution is 7.47. The summed E-state index contributed by atoms with van der Waals surface area (Å²) in [6, 6.07) is 6.35. The molecule has 4 unspecified atom stereocenters. The molecule has 0 aromatic heterocycles. The van der Waals surface area contributed by atoms with Crippen LogP contribution in [0.1, 0.15) is 65.5 Å². The maximum Gasteiger partial charge on any atom is 0.527 e. The summed E-state index contributed by atoms with van der Waals surface area (Å²) in [4.78, 5) is 12.4. The zero-order valence-corrected chi connectivity index (χ0v) is 20.5. The van der Waals surface area contributed by atoms with Crippen LogP contribution in [0.4, 0.5) is 0 Å². The zero-order chi connectivity index (χ0) is 22.3. The van der Waals surface area contributed by atoms with Crippen molar-refractivity contribution in [1.82, 2.24) is 4.90 Å². The van der Waals surface area contributed by atoms with Crippen LogP contribution in [0, 0.1) is 11.3 Å². The van der Waals surface area contributed by atoms with Crippen LogP contribution in [0.3, 0.4) is 0 Å². The topological polar surface area (TPSA) is 59.0 Å². The van der Waals surface area contributed by atoms with Gasteiger partial charge >= 0.3 is 7.82 Å². The maximum atomic E-state index is 11.9. The lowest BCUT2D eigenvalue weighted by Gasteiger charge is -2.57. The van der Waals surface area contributed by atoms with E-state index in [0.29, 0.717) is 17.7 Å². The SMILES string of the molecule is COP(=O)(O)Oc1ccc2c(c1)C1(C)CCN(CC=C(C)C)C(C2)C1CC(C)(C)C. The first-order chi connectivity index (χ1) is 13.8. The Kier molecular flexibility index (Phi) is 6.61. The molecule has 5 nitrogen and oxygen atoms in total. The molecule has 2 bridgehead atoms. The normalized spacial score (nSPS) is 28.4. The Morgan fingerprint density at radius 2 is 2.07 bits per heavy atom. The monoisotopic (exact) mass is 435 g/mol. The molecule has 1 aromatic carbocycles. The summed E-state index contributed by atoms with van der Waals surface area (Å²) in [5.41, 5.74) is 4.20. The maximum absolute atomic E-state index is 11.9. The summed E-state index contributed by atoms with van der Waals surface area (Å²) in [7, 11) is -2.88. The number of allylic oxidation sites excluding steroid dienone is 1. The van der Waals surface area contributed by atoms with Gasteiger partial charge in [0.05, 0.1) is 0 Å². The Morgan fingerprint density at radius 1 is 1.37 bits per heavy atom. The second-order valence-corrected chi connectivity index (χ2v) is 12.1. The van der Waals surface area contributed by atoms with E-state index in [1.165, 1.54) is 23.8 Å². The molecular formula is C24H38NO4P. The zero-order valence-electron chi connectivity index (χ0n) is 19.6. The Bertz CT molecular complexity index is 855. The highest BCUT2D eigenvalue weighted by Gasteiger charge is 2.51. The van der Waals surface area contributed by atoms with Crippen LogP contribution in [-0.2, 0) is 20.9 Å². The number of piperidine rings is 1. The van der Waals surface area contributed by atoms with E-state index in [9.17, 15) is 9.46 Å². The number of phosphoric acid groups is 1. The molecule has 1 saturated heterocycles. The molecule has 0 saturated carbocycles. The number of hydrogen-bond donors (Lipinski definition) is 1. The van der Waals surface area contributed by atoms with E-state index in [1.54, 1.807) is 6.07 Å². The molecule has 4 atom stereocenters. The second kappa shape index (κ2) is 8.43. The molecule has 1 aliphatic carbocycles. The van der Waals surface area contributed by atoms with Crippen LogP contribution < -0.4 is 4.52 Å². The van der Waals surface area contributed by atoms with Gasteiger partial charge < -0.3 is 4.52 Å². The molecule has 0 amide bonds. The van der Waals surface area contributed by atoms with Crippen LogP contribution in [-0.4, -0.2) is 36.0 Å². The van der Waals surface area contributed by atoms with Crippen LogP contribution in [0.25, 0.3) is 0 Å². The van der Waals surface area contributed by atoms with Gasteiger partial charge in [-0.3, -0.25) is 14.3 Å². The van der Waals surface area contributed by atoms with Gasteiger partial charge in [-0.05, 0) is 79.7 Å². The van der Waals surface area contributed by atoms with Crippen molar-refractivity contribution in [3.8, 4) is 5.75 Å². The van der Waals surface area contributed by atoms with Crippen LogP contribution >= 0.6 is 7.82 Å². The van der Waals surface area contributed by atoms with E-state index in [1.807, 2.05) is 6.07 Å². The van der Waals surface area contributed by atoms with Gasteiger partial charge in [-0.25, -0.2) is 4.57 Å². The molecule has 0 spiro atoms. The van der Waals surface area contributed by atoms with Crippen molar-refractivity contribution in [2.45, 2.75) is 72.3 Å². The number of hydrogen-bond acceptors (Lipinski definition) is 4. The Labute approximate surface area is 182 Å². The van der Waals surface area contributed by atoms with Crippen molar-refractivity contribution in [2.75, 3.05) is 20.2 Å². The van der Waals surface area contributed by atoms with Crippen molar-refractivity contribution >= 4 is 7.82 Å². The molecular weight excluding hydrogens is 397 g/mol. The van der Waals surface area contributed by atoms with Gasteiger partial charge in [0.1, 0.15) is 5.75 Å². The van der Waals surface area contributed by atoms with E-state index in [4.69, 9.17) is 4.52 Å². The molecule has 30 heavy (non-hydrogen) atoms. The van der Waals surface area contributed by atoms with E-state index < -0.39 is 7.82 Å². The Balaban J connectivity index is 2.02. The third-order valence-electron chi connectivity index (χ3n) is 6.81. The minimum Gasteiger partial charge on any atom is -0.404 e. The molecule has 1 aliphatic heterocycles. The third-order valence-corrected chi connectivity index (χ3v) is 7.72. The fourth-order valence-corrected chi connectivity index (χ4v) is 5.73. The highest BCUT2D eigenvalue weighted by atomic mass is 31.2. The highest BCUT2D eigenvalue weighted by Crippen LogP contribution is 2.53. The lowest BCUT2D eigenvalue weighted by Crippen LogP contribution is -2.59. The quantitative estimate of drug-likeness (QED) is 0.458. The first kappa shape index (κ1) is 23.5. The summed E-state index contributed by atoms with van der Waals surface area (Å²) in [5.74, 6) is 0.922. The Hall–Kier alpha value is -1.13. The smallest absolute Gasteiger partial charge is 0.404 e. The van der Waals surface area contributed by atoms with Gasteiger partial charge in [0, 0.05) is 19.7 Å². The van der Waals surface area contributed by atoms with Crippen molar-refractivity contribution in [2.24, 2.45) is 11.3 Å². The van der Waals surface area contributed by atoms with Crippen molar-refractivity contribution in [1.29, 1.82) is 0 Å². The first-order valence-electron chi connectivity index (χ1n) is 10.9. The van der Waals surface area contributed by atoms with E-state index in [0.717, 1.165) is 32.4 Å².